The van der Waals surface area contributed by atoms with Gasteiger partial charge in [-0.3, -0.25) is 0 Å². The maximum atomic E-state index is 13.5. The number of nitrogens with one attached hydrogen (secondary N) is 1. The number of hydrogen-bond acceptors (Lipinski definition) is 5. The first-order chi connectivity index (χ1) is 9.40. The first kappa shape index (κ1) is 14.9. The van der Waals surface area contributed by atoms with Crippen molar-refractivity contribution in [2.45, 2.75) is 18.2 Å². The van der Waals surface area contributed by atoms with Gasteiger partial charge in [0, 0.05) is 29.6 Å². The minimum Gasteiger partial charge on any atom is -0.398 e. The highest BCUT2D eigenvalue weighted by Crippen LogP contribution is 2.20. The van der Waals surface area contributed by atoms with E-state index in [0.717, 1.165) is 11.8 Å². The number of benzene rings is 1. The minimum atomic E-state index is -3.77. The number of halogens is 1. The van der Waals surface area contributed by atoms with E-state index >= 15 is 0 Å². The van der Waals surface area contributed by atoms with Crippen LogP contribution in [0.5, 0.6) is 0 Å². The van der Waals surface area contributed by atoms with Gasteiger partial charge < -0.3 is 5.73 Å². The fraction of sp³-hybridized carbons (Fsp3) is 0.250. The Hall–Kier alpha value is -1.51. The van der Waals surface area contributed by atoms with Crippen LogP contribution in [0.1, 0.15) is 11.3 Å². The van der Waals surface area contributed by atoms with E-state index in [1.165, 1.54) is 24.3 Å². The van der Waals surface area contributed by atoms with Crippen LogP contribution in [0, 0.1) is 12.7 Å². The molecule has 0 fully saturated rings. The van der Waals surface area contributed by atoms with E-state index in [1.54, 1.807) is 5.51 Å². The minimum absolute atomic E-state index is 0.116. The molecule has 0 saturated carbocycles. The molecule has 2 aromatic rings. The van der Waals surface area contributed by atoms with Gasteiger partial charge in [-0.25, -0.2) is 22.5 Å². The van der Waals surface area contributed by atoms with E-state index in [-0.39, 0.29) is 22.7 Å². The zero-order chi connectivity index (χ0) is 14.8. The molecule has 108 valence electrons. The molecule has 0 unspecified atom stereocenters. The van der Waals surface area contributed by atoms with Crippen molar-refractivity contribution in [3.8, 4) is 0 Å². The molecule has 0 atom stereocenters. The molecular formula is C12H14FN3O2S2. The van der Waals surface area contributed by atoms with Gasteiger partial charge in [0.25, 0.3) is 0 Å². The molecule has 2 rings (SSSR count). The summed E-state index contributed by atoms with van der Waals surface area (Å²) in [6, 6.07) is 2.22. The molecule has 8 heteroatoms. The molecule has 0 spiro atoms. The predicted octanol–water partition coefficient (Wildman–Crippen LogP) is 1.69. The van der Waals surface area contributed by atoms with Crippen LogP contribution in [-0.2, 0) is 16.4 Å². The van der Waals surface area contributed by atoms with E-state index in [4.69, 9.17) is 5.73 Å². The zero-order valence-electron chi connectivity index (χ0n) is 10.8. The van der Waals surface area contributed by atoms with Gasteiger partial charge in [0.1, 0.15) is 5.82 Å². The number of nitrogen functional groups attached to an aromatic ring is 1. The molecular weight excluding hydrogens is 301 g/mol. The van der Waals surface area contributed by atoms with Crippen molar-refractivity contribution in [1.82, 2.24) is 9.71 Å². The average Bonchev–Trinajstić information content (AvgIpc) is 2.88. The molecule has 0 saturated heterocycles. The summed E-state index contributed by atoms with van der Waals surface area (Å²) in [4.78, 5) is 3.88. The smallest absolute Gasteiger partial charge is 0.240 e. The number of sulfonamides is 1. The summed E-state index contributed by atoms with van der Waals surface area (Å²) in [5.41, 5.74) is 8.43. The average molecular weight is 315 g/mol. The van der Waals surface area contributed by atoms with Gasteiger partial charge >= 0.3 is 0 Å². The van der Waals surface area contributed by atoms with Gasteiger partial charge in [-0.15, -0.1) is 11.3 Å². The molecule has 0 aliphatic rings. The summed E-state index contributed by atoms with van der Waals surface area (Å²) in [5.74, 6) is -0.634. The number of thiazole rings is 1. The fourth-order valence-electron chi connectivity index (χ4n) is 1.59. The quantitative estimate of drug-likeness (QED) is 0.822. The van der Waals surface area contributed by atoms with Crippen molar-refractivity contribution in [2.24, 2.45) is 0 Å². The molecule has 1 heterocycles. The summed E-state index contributed by atoms with van der Waals surface area (Å²) >= 11 is 1.44. The third kappa shape index (κ3) is 3.33. The number of anilines is 1. The lowest BCUT2D eigenvalue weighted by Gasteiger charge is -2.09. The Bertz CT molecular complexity index is 676. The number of aromatic nitrogens is 1. The van der Waals surface area contributed by atoms with E-state index < -0.39 is 15.8 Å². The Kier molecular flexibility index (Phi) is 4.36. The van der Waals surface area contributed by atoms with Gasteiger partial charge in [-0.2, -0.15) is 0 Å². The first-order valence-electron chi connectivity index (χ1n) is 5.82. The highest BCUT2D eigenvalue weighted by Gasteiger charge is 2.17. The van der Waals surface area contributed by atoms with Crippen LogP contribution in [0.15, 0.2) is 27.9 Å². The largest absolute Gasteiger partial charge is 0.398 e. The SMILES string of the molecule is Cc1c(N)cc(S(=O)(=O)NCCc2cscn2)cc1F. The maximum absolute atomic E-state index is 13.5. The molecule has 0 bridgehead atoms. The van der Waals surface area contributed by atoms with Crippen molar-refractivity contribution in [1.29, 1.82) is 0 Å². The van der Waals surface area contributed by atoms with Gasteiger partial charge in [0.05, 0.1) is 16.1 Å². The number of rotatable bonds is 5. The molecule has 3 N–H and O–H groups in total. The normalized spacial score (nSPS) is 11.7. The van der Waals surface area contributed by atoms with Gasteiger partial charge in [0.2, 0.25) is 10.0 Å². The maximum Gasteiger partial charge on any atom is 0.240 e. The van der Waals surface area contributed by atoms with Crippen LogP contribution >= 0.6 is 11.3 Å². The summed E-state index contributed by atoms with van der Waals surface area (Å²) in [5, 5.41) is 1.85. The van der Waals surface area contributed by atoms with Crippen LogP contribution in [0.3, 0.4) is 0 Å². The lowest BCUT2D eigenvalue weighted by molar-refractivity contribution is 0.576. The molecule has 20 heavy (non-hydrogen) atoms. The molecule has 0 radical (unpaired) electrons. The summed E-state index contributed by atoms with van der Waals surface area (Å²) < 4.78 is 40.0. The van der Waals surface area contributed by atoms with Crippen LogP contribution in [-0.4, -0.2) is 19.9 Å². The number of nitrogens with two attached hydrogens (primary N) is 1. The third-order valence-corrected chi connectivity index (χ3v) is 4.90. The van der Waals surface area contributed by atoms with E-state index in [9.17, 15) is 12.8 Å². The highest BCUT2D eigenvalue weighted by molar-refractivity contribution is 7.89. The van der Waals surface area contributed by atoms with Gasteiger partial charge in [0.15, 0.2) is 0 Å². The Morgan fingerprint density at radius 1 is 1.45 bits per heavy atom. The lowest BCUT2D eigenvalue weighted by Crippen LogP contribution is -2.26. The van der Waals surface area contributed by atoms with E-state index in [2.05, 4.69) is 9.71 Å². The molecule has 1 aromatic carbocycles. The first-order valence-corrected chi connectivity index (χ1v) is 8.25. The second-order valence-electron chi connectivity index (χ2n) is 4.25. The second-order valence-corrected chi connectivity index (χ2v) is 6.73. The Morgan fingerprint density at radius 3 is 2.80 bits per heavy atom. The Morgan fingerprint density at radius 2 is 2.20 bits per heavy atom. The molecule has 5 nitrogen and oxygen atoms in total. The van der Waals surface area contributed by atoms with Crippen LogP contribution < -0.4 is 10.5 Å². The topological polar surface area (TPSA) is 85.1 Å². The van der Waals surface area contributed by atoms with Crippen molar-refractivity contribution in [3.63, 3.8) is 0 Å². The standard InChI is InChI=1S/C12H14FN3O2S2/c1-8-11(13)4-10(5-12(8)14)20(17,18)16-3-2-9-6-19-7-15-9/h4-7,16H,2-3,14H2,1H3. The van der Waals surface area contributed by atoms with Crippen LogP contribution in [0.4, 0.5) is 10.1 Å². The molecule has 1 aromatic heterocycles. The molecule has 0 aliphatic carbocycles. The van der Waals surface area contributed by atoms with Crippen LogP contribution in [0.25, 0.3) is 0 Å². The van der Waals surface area contributed by atoms with E-state index in [0.29, 0.717) is 6.42 Å². The molecule has 0 amide bonds. The van der Waals surface area contributed by atoms with Crippen molar-refractivity contribution >= 4 is 27.0 Å². The van der Waals surface area contributed by atoms with Crippen molar-refractivity contribution < 1.29 is 12.8 Å². The van der Waals surface area contributed by atoms with E-state index in [1.807, 2.05) is 5.38 Å². The third-order valence-electron chi connectivity index (χ3n) is 2.82. The van der Waals surface area contributed by atoms with Gasteiger partial charge in [-0.05, 0) is 19.1 Å². The van der Waals surface area contributed by atoms with Crippen molar-refractivity contribution in [3.05, 3.63) is 40.1 Å². The summed E-state index contributed by atoms with van der Waals surface area (Å²) in [7, 11) is -3.77. The Labute approximate surface area is 120 Å². The predicted molar refractivity (Wildman–Crippen MR) is 76.6 cm³/mol. The Balaban J connectivity index is 2.10. The molecule has 0 aliphatic heterocycles. The monoisotopic (exact) mass is 315 g/mol. The lowest BCUT2D eigenvalue weighted by atomic mass is 10.2. The number of hydrogen-bond donors (Lipinski definition) is 2. The summed E-state index contributed by atoms with van der Waals surface area (Å²) in [6.07, 6.45) is 0.479. The fourth-order valence-corrected chi connectivity index (χ4v) is 3.26. The summed E-state index contributed by atoms with van der Waals surface area (Å²) in [6.45, 7) is 1.69. The van der Waals surface area contributed by atoms with Crippen molar-refractivity contribution in [2.75, 3.05) is 12.3 Å². The van der Waals surface area contributed by atoms with Gasteiger partial charge in [-0.1, -0.05) is 0 Å². The second kappa shape index (κ2) is 5.86. The van der Waals surface area contributed by atoms with Crippen LogP contribution in [0.2, 0.25) is 0 Å². The number of nitrogens with zero attached hydrogens (tertiary/aromatic N) is 1. The zero-order valence-corrected chi connectivity index (χ0v) is 12.4. The highest BCUT2D eigenvalue weighted by atomic mass is 32.2.